The van der Waals surface area contributed by atoms with Gasteiger partial charge in [-0.2, -0.15) is 0 Å². The molecule has 11 heteroatoms. The average Bonchev–Trinajstić information content (AvgIpc) is 3.35. The van der Waals surface area contributed by atoms with Gasteiger partial charge in [-0.05, 0) is 52.1 Å². The van der Waals surface area contributed by atoms with E-state index in [2.05, 4.69) is 0 Å². The van der Waals surface area contributed by atoms with E-state index in [9.17, 15) is 5.11 Å². The molecule has 1 N–H and O–H groups in total. The molecule has 2 heterocycles. The van der Waals surface area contributed by atoms with E-state index in [-0.39, 0.29) is 39.6 Å². The number of methoxy groups -OCH3 is 1. The summed E-state index contributed by atoms with van der Waals surface area (Å²) in [6.07, 6.45) is -8.08. The third kappa shape index (κ3) is 12.6. The van der Waals surface area contributed by atoms with E-state index in [0.717, 1.165) is 27.8 Å². The number of aliphatic hydroxyl groups is 1. The number of ether oxygens (including phenoxy) is 10. The van der Waals surface area contributed by atoms with Crippen LogP contribution in [0.3, 0.4) is 0 Å². The number of rotatable bonds is 21. The van der Waals surface area contributed by atoms with Crippen molar-refractivity contribution in [3.05, 3.63) is 204 Å². The Bertz CT molecular complexity index is 2200. The van der Waals surface area contributed by atoms with E-state index < -0.39 is 55.3 Å². The van der Waals surface area contributed by atoms with Gasteiger partial charge in [0.2, 0.25) is 6.29 Å². The lowest BCUT2D eigenvalue weighted by Crippen LogP contribution is -2.64. The molecule has 2 aliphatic rings. The molecule has 2 saturated heterocycles. The molecule has 334 valence electrons. The molecule has 0 spiro atoms. The second kappa shape index (κ2) is 23.5. The average molecular weight is 869 g/mol. The molecule has 0 unspecified atom stereocenters. The van der Waals surface area contributed by atoms with Crippen LogP contribution in [0.4, 0.5) is 0 Å². The summed E-state index contributed by atoms with van der Waals surface area (Å²) in [4.78, 5) is 0. The maximum absolute atomic E-state index is 12.1. The van der Waals surface area contributed by atoms with Crippen LogP contribution >= 0.6 is 0 Å². The lowest BCUT2D eigenvalue weighted by Gasteiger charge is -2.47. The number of aliphatic hydroxyl groups excluding tert-OH is 1. The van der Waals surface area contributed by atoms with Crippen LogP contribution in [0.15, 0.2) is 176 Å². The lowest BCUT2D eigenvalue weighted by atomic mass is 9.97. The SMILES string of the molecule is COc1ccc(O[C@H]2OC[C@@H](O[C@H]3O[C@H](COCc4ccccc4)[C@@H](O)[C@H](OCc4ccccc4)[C@@H]3OCc3ccccc3)[C@H](OCc3ccccc3)[C@H]2OCc2ccccc2)cc1. The molecule has 2 aliphatic heterocycles. The minimum absolute atomic E-state index is 0.0456. The zero-order chi connectivity index (χ0) is 43.8. The Morgan fingerprint density at radius 3 is 1.34 bits per heavy atom. The quantitative estimate of drug-likeness (QED) is 0.0753. The summed E-state index contributed by atoms with van der Waals surface area (Å²) in [5.41, 5.74) is 4.80. The summed E-state index contributed by atoms with van der Waals surface area (Å²) in [7, 11) is 1.62. The zero-order valence-corrected chi connectivity index (χ0v) is 35.9. The van der Waals surface area contributed by atoms with Crippen molar-refractivity contribution in [1.29, 1.82) is 0 Å². The summed E-state index contributed by atoms with van der Waals surface area (Å²) in [5, 5.41) is 12.1. The summed E-state index contributed by atoms with van der Waals surface area (Å²) < 4.78 is 65.4. The Morgan fingerprint density at radius 1 is 0.469 bits per heavy atom. The molecule has 0 aliphatic carbocycles. The smallest absolute Gasteiger partial charge is 0.229 e. The van der Waals surface area contributed by atoms with Crippen LogP contribution in [-0.2, 0) is 70.9 Å². The van der Waals surface area contributed by atoms with E-state index >= 15 is 0 Å². The van der Waals surface area contributed by atoms with Gasteiger partial charge in [-0.25, -0.2) is 0 Å². The van der Waals surface area contributed by atoms with Crippen LogP contribution in [0.5, 0.6) is 11.5 Å². The maximum Gasteiger partial charge on any atom is 0.229 e. The Kier molecular flexibility index (Phi) is 16.6. The van der Waals surface area contributed by atoms with Gasteiger partial charge in [0.1, 0.15) is 54.2 Å². The minimum atomic E-state index is -1.14. The normalized spacial score (nSPS) is 24.5. The van der Waals surface area contributed by atoms with Crippen molar-refractivity contribution in [3.8, 4) is 11.5 Å². The van der Waals surface area contributed by atoms with Crippen LogP contribution in [0.25, 0.3) is 0 Å². The van der Waals surface area contributed by atoms with Gasteiger partial charge in [0.15, 0.2) is 6.29 Å². The molecule has 8 rings (SSSR count). The highest BCUT2D eigenvalue weighted by molar-refractivity contribution is 5.31. The van der Waals surface area contributed by atoms with E-state index in [1.54, 1.807) is 7.11 Å². The van der Waals surface area contributed by atoms with E-state index in [1.807, 2.05) is 176 Å². The largest absolute Gasteiger partial charge is 0.497 e. The highest BCUT2D eigenvalue weighted by Crippen LogP contribution is 2.34. The van der Waals surface area contributed by atoms with Crippen LogP contribution in [-0.4, -0.2) is 80.7 Å². The van der Waals surface area contributed by atoms with Gasteiger partial charge in [-0.3, -0.25) is 0 Å². The topological polar surface area (TPSA) is 113 Å². The van der Waals surface area contributed by atoms with Crippen molar-refractivity contribution >= 4 is 0 Å². The second-order valence-corrected chi connectivity index (χ2v) is 15.7. The van der Waals surface area contributed by atoms with E-state index in [1.165, 1.54) is 0 Å². The van der Waals surface area contributed by atoms with Gasteiger partial charge in [0, 0.05) is 0 Å². The fourth-order valence-corrected chi connectivity index (χ4v) is 7.74. The van der Waals surface area contributed by atoms with E-state index in [0.29, 0.717) is 18.1 Å². The fraction of sp³-hybridized carbons (Fsp3) is 0.321. The Hall–Kier alpha value is -5.44. The van der Waals surface area contributed by atoms with Crippen LogP contribution in [0, 0.1) is 0 Å². The molecule has 0 radical (unpaired) electrons. The summed E-state index contributed by atoms with van der Waals surface area (Å²) >= 11 is 0. The number of benzene rings is 6. The predicted molar refractivity (Wildman–Crippen MR) is 239 cm³/mol. The third-order valence-electron chi connectivity index (χ3n) is 11.2. The third-order valence-corrected chi connectivity index (χ3v) is 11.2. The zero-order valence-electron chi connectivity index (χ0n) is 35.9. The van der Waals surface area contributed by atoms with Gasteiger partial charge in [0.05, 0.1) is 53.4 Å². The molecule has 0 saturated carbocycles. The van der Waals surface area contributed by atoms with Gasteiger partial charge < -0.3 is 52.5 Å². The summed E-state index contributed by atoms with van der Waals surface area (Å²) in [5.74, 6) is 1.26. The summed E-state index contributed by atoms with van der Waals surface area (Å²) in [6.45, 7) is 1.35. The molecule has 2 fully saturated rings. The number of hydrogen-bond acceptors (Lipinski definition) is 11. The standard InChI is InChI=1S/C53H56O11/c1-55-43-27-29-44(30-28-43)62-52-50(59-34-41-23-13-5-14-24-41)48(57-32-39-19-9-3-10-20-39)46(37-61-52)64-53-51(60-35-42-25-15-6-16-26-42)49(58-33-40-21-11-4-12-22-40)47(54)45(63-53)36-56-31-38-17-7-2-8-18-38/h2-30,45-54H,31-37H2,1H3/t45-,46-,47-,48+,49+,50-,51+,52-,53-/m1/s1. The van der Waals surface area contributed by atoms with Gasteiger partial charge >= 0.3 is 0 Å². The highest BCUT2D eigenvalue weighted by Gasteiger charge is 2.51. The molecule has 0 aromatic heterocycles. The van der Waals surface area contributed by atoms with Crippen LogP contribution < -0.4 is 9.47 Å². The molecular weight excluding hydrogens is 813 g/mol. The monoisotopic (exact) mass is 868 g/mol. The van der Waals surface area contributed by atoms with Gasteiger partial charge in [0.25, 0.3) is 0 Å². The molecule has 64 heavy (non-hydrogen) atoms. The first-order valence-corrected chi connectivity index (χ1v) is 21.7. The Labute approximate surface area is 375 Å². The molecule has 6 aromatic carbocycles. The van der Waals surface area contributed by atoms with Crippen LogP contribution in [0.1, 0.15) is 27.8 Å². The van der Waals surface area contributed by atoms with Crippen molar-refractivity contribution in [1.82, 2.24) is 0 Å². The first-order valence-electron chi connectivity index (χ1n) is 21.7. The van der Waals surface area contributed by atoms with Gasteiger partial charge in [-0.1, -0.05) is 152 Å². The van der Waals surface area contributed by atoms with E-state index in [4.69, 9.17) is 47.4 Å². The van der Waals surface area contributed by atoms with Crippen molar-refractivity contribution in [2.24, 2.45) is 0 Å². The first-order chi connectivity index (χ1) is 31.6. The van der Waals surface area contributed by atoms with Crippen molar-refractivity contribution in [2.75, 3.05) is 20.3 Å². The lowest BCUT2D eigenvalue weighted by molar-refractivity contribution is -0.356. The molecule has 11 nitrogen and oxygen atoms in total. The molecule has 0 bridgehead atoms. The molecule has 0 amide bonds. The van der Waals surface area contributed by atoms with Crippen molar-refractivity contribution in [2.45, 2.75) is 88.3 Å². The Morgan fingerprint density at radius 2 is 0.875 bits per heavy atom. The predicted octanol–water partition coefficient (Wildman–Crippen LogP) is 8.46. The minimum Gasteiger partial charge on any atom is -0.497 e. The van der Waals surface area contributed by atoms with Crippen molar-refractivity contribution in [3.63, 3.8) is 0 Å². The Balaban J connectivity index is 1.11. The first kappa shape index (κ1) is 45.1. The second-order valence-electron chi connectivity index (χ2n) is 15.7. The summed E-state index contributed by atoms with van der Waals surface area (Å²) in [6, 6.07) is 56.6. The van der Waals surface area contributed by atoms with Crippen molar-refractivity contribution < 1.29 is 52.5 Å². The molecule has 6 aromatic rings. The molecule has 9 atom stereocenters. The maximum atomic E-state index is 12.1. The number of hydrogen-bond donors (Lipinski definition) is 1. The van der Waals surface area contributed by atoms with Crippen LogP contribution in [0.2, 0.25) is 0 Å². The highest BCUT2D eigenvalue weighted by atomic mass is 16.8. The molecular formula is C53H56O11. The fourth-order valence-electron chi connectivity index (χ4n) is 7.74. The van der Waals surface area contributed by atoms with Gasteiger partial charge in [-0.15, -0.1) is 0 Å².